The molecule has 0 aliphatic carbocycles. The third-order valence-electron chi connectivity index (χ3n) is 2.57. The van der Waals surface area contributed by atoms with E-state index >= 15 is 0 Å². The fourth-order valence-corrected chi connectivity index (χ4v) is 1.85. The van der Waals surface area contributed by atoms with E-state index in [9.17, 15) is 0 Å². The zero-order valence-electron chi connectivity index (χ0n) is 7.66. The molecule has 1 fully saturated rings. The van der Waals surface area contributed by atoms with Crippen molar-refractivity contribution < 1.29 is 0 Å². The number of nitrogens with two attached hydrogens (primary N) is 1. The second-order valence-corrected chi connectivity index (χ2v) is 3.51. The van der Waals surface area contributed by atoms with Crippen LogP contribution in [0.4, 0.5) is 5.69 Å². The summed E-state index contributed by atoms with van der Waals surface area (Å²) in [5, 5.41) is 3.47. The first-order valence-corrected chi connectivity index (χ1v) is 4.80. The Labute approximate surface area is 78.4 Å². The molecular weight excluding hydrogens is 162 g/mol. The minimum atomic E-state index is 0.441. The standard InChI is InChI=1S/C10H15N3/c11-9-7-12-6-4-8(9)10-3-1-2-5-13-10/h4,6-7,10,13H,1-3,5,11H2. The van der Waals surface area contributed by atoms with Crippen LogP contribution in [-0.2, 0) is 0 Å². The van der Waals surface area contributed by atoms with Crippen molar-refractivity contribution in [2.45, 2.75) is 25.3 Å². The second kappa shape index (κ2) is 3.75. The minimum absolute atomic E-state index is 0.441. The summed E-state index contributed by atoms with van der Waals surface area (Å²) in [5.74, 6) is 0. The number of piperidine rings is 1. The fraction of sp³-hybridized carbons (Fsp3) is 0.500. The average Bonchev–Trinajstić information content (AvgIpc) is 2.20. The molecule has 1 aliphatic rings. The van der Waals surface area contributed by atoms with E-state index in [1.165, 1.54) is 24.8 Å². The first kappa shape index (κ1) is 8.51. The molecule has 0 bridgehead atoms. The Hall–Kier alpha value is -1.09. The van der Waals surface area contributed by atoms with Crippen molar-refractivity contribution in [3.8, 4) is 0 Å². The summed E-state index contributed by atoms with van der Waals surface area (Å²) in [4.78, 5) is 3.99. The Balaban J connectivity index is 2.18. The Morgan fingerprint density at radius 3 is 3.08 bits per heavy atom. The van der Waals surface area contributed by atoms with Gasteiger partial charge in [0.15, 0.2) is 0 Å². The summed E-state index contributed by atoms with van der Waals surface area (Å²) < 4.78 is 0. The summed E-state index contributed by atoms with van der Waals surface area (Å²) in [6.07, 6.45) is 7.29. The molecule has 1 aliphatic heterocycles. The van der Waals surface area contributed by atoms with Crippen molar-refractivity contribution in [1.82, 2.24) is 10.3 Å². The summed E-state index contributed by atoms with van der Waals surface area (Å²) in [5.41, 5.74) is 7.86. The Morgan fingerprint density at radius 2 is 2.38 bits per heavy atom. The SMILES string of the molecule is Nc1cnccc1C1CCCCN1. The van der Waals surface area contributed by atoms with E-state index in [0.717, 1.165) is 12.2 Å². The number of rotatable bonds is 1. The number of nitrogens with one attached hydrogen (secondary N) is 1. The van der Waals surface area contributed by atoms with Crippen LogP contribution in [0, 0.1) is 0 Å². The summed E-state index contributed by atoms with van der Waals surface area (Å²) in [6.45, 7) is 1.10. The molecule has 1 unspecified atom stereocenters. The van der Waals surface area contributed by atoms with E-state index in [0.29, 0.717) is 6.04 Å². The van der Waals surface area contributed by atoms with Gasteiger partial charge in [-0.15, -0.1) is 0 Å². The van der Waals surface area contributed by atoms with Gasteiger partial charge >= 0.3 is 0 Å². The van der Waals surface area contributed by atoms with Gasteiger partial charge in [-0.3, -0.25) is 4.98 Å². The smallest absolute Gasteiger partial charge is 0.0549 e. The number of anilines is 1. The molecule has 1 aromatic rings. The van der Waals surface area contributed by atoms with Gasteiger partial charge in [-0.05, 0) is 31.0 Å². The lowest BCUT2D eigenvalue weighted by Crippen LogP contribution is -2.27. The summed E-state index contributed by atoms with van der Waals surface area (Å²) in [7, 11) is 0. The molecule has 2 rings (SSSR count). The van der Waals surface area contributed by atoms with Crippen molar-refractivity contribution in [2.24, 2.45) is 0 Å². The Kier molecular flexibility index (Phi) is 2.45. The quantitative estimate of drug-likeness (QED) is 0.683. The number of nitrogens with zero attached hydrogens (tertiary/aromatic N) is 1. The molecule has 3 N–H and O–H groups in total. The monoisotopic (exact) mass is 177 g/mol. The van der Waals surface area contributed by atoms with Crippen LogP contribution in [-0.4, -0.2) is 11.5 Å². The largest absolute Gasteiger partial charge is 0.397 e. The van der Waals surface area contributed by atoms with Crippen LogP contribution in [0.15, 0.2) is 18.5 Å². The first-order chi connectivity index (χ1) is 6.38. The van der Waals surface area contributed by atoms with Crippen LogP contribution in [0.2, 0.25) is 0 Å². The highest BCUT2D eigenvalue weighted by Crippen LogP contribution is 2.26. The molecule has 1 atom stereocenters. The Morgan fingerprint density at radius 1 is 1.46 bits per heavy atom. The van der Waals surface area contributed by atoms with Crippen LogP contribution in [0.1, 0.15) is 30.9 Å². The van der Waals surface area contributed by atoms with E-state index < -0.39 is 0 Å². The third kappa shape index (κ3) is 1.80. The zero-order valence-corrected chi connectivity index (χ0v) is 7.66. The maximum Gasteiger partial charge on any atom is 0.0549 e. The van der Waals surface area contributed by atoms with Gasteiger partial charge in [0.2, 0.25) is 0 Å². The van der Waals surface area contributed by atoms with Crippen LogP contribution in [0.3, 0.4) is 0 Å². The highest BCUT2D eigenvalue weighted by molar-refractivity contribution is 5.45. The molecule has 1 saturated heterocycles. The number of nitrogen functional groups attached to an aromatic ring is 1. The predicted octanol–water partition coefficient (Wildman–Crippen LogP) is 1.48. The van der Waals surface area contributed by atoms with Crippen molar-refractivity contribution in [3.63, 3.8) is 0 Å². The fourth-order valence-electron chi connectivity index (χ4n) is 1.85. The van der Waals surface area contributed by atoms with Gasteiger partial charge < -0.3 is 11.1 Å². The first-order valence-electron chi connectivity index (χ1n) is 4.80. The molecule has 2 heterocycles. The number of hydrogen-bond acceptors (Lipinski definition) is 3. The average molecular weight is 177 g/mol. The molecule has 3 heteroatoms. The van der Waals surface area contributed by atoms with Gasteiger partial charge in [0.1, 0.15) is 0 Å². The highest BCUT2D eigenvalue weighted by atomic mass is 14.9. The predicted molar refractivity (Wildman–Crippen MR) is 53.2 cm³/mol. The molecule has 3 nitrogen and oxygen atoms in total. The minimum Gasteiger partial charge on any atom is -0.397 e. The van der Waals surface area contributed by atoms with Gasteiger partial charge in [0.05, 0.1) is 11.9 Å². The van der Waals surface area contributed by atoms with Gasteiger partial charge in [-0.25, -0.2) is 0 Å². The zero-order chi connectivity index (χ0) is 9.10. The van der Waals surface area contributed by atoms with E-state index in [2.05, 4.69) is 10.3 Å². The van der Waals surface area contributed by atoms with Crippen molar-refractivity contribution in [1.29, 1.82) is 0 Å². The molecule has 0 spiro atoms. The number of pyridine rings is 1. The normalized spacial score (nSPS) is 22.9. The van der Waals surface area contributed by atoms with E-state index in [1.54, 1.807) is 6.20 Å². The molecule has 0 radical (unpaired) electrons. The van der Waals surface area contributed by atoms with Crippen LogP contribution in [0.5, 0.6) is 0 Å². The maximum absolute atomic E-state index is 5.85. The molecule has 1 aromatic heterocycles. The van der Waals surface area contributed by atoms with Crippen molar-refractivity contribution >= 4 is 5.69 Å². The summed E-state index contributed by atoms with van der Waals surface area (Å²) >= 11 is 0. The van der Waals surface area contributed by atoms with E-state index in [-0.39, 0.29) is 0 Å². The van der Waals surface area contributed by atoms with E-state index in [4.69, 9.17) is 5.73 Å². The number of aromatic nitrogens is 1. The Bertz CT molecular complexity index is 279. The van der Waals surface area contributed by atoms with Crippen LogP contribution < -0.4 is 11.1 Å². The number of hydrogen-bond donors (Lipinski definition) is 2. The lowest BCUT2D eigenvalue weighted by molar-refractivity contribution is 0.413. The van der Waals surface area contributed by atoms with Gasteiger partial charge in [0, 0.05) is 12.2 Å². The van der Waals surface area contributed by atoms with E-state index in [1.807, 2.05) is 12.3 Å². The molecule has 0 aromatic carbocycles. The maximum atomic E-state index is 5.85. The summed E-state index contributed by atoms with van der Waals surface area (Å²) in [6, 6.07) is 2.45. The van der Waals surface area contributed by atoms with Crippen LogP contribution >= 0.6 is 0 Å². The van der Waals surface area contributed by atoms with Crippen molar-refractivity contribution in [2.75, 3.05) is 12.3 Å². The lowest BCUT2D eigenvalue weighted by Gasteiger charge is -2.24. The second-order valence-electron chi connectivity index (χ2n) is 3.51. The molecular formula is C10H15N3. The van der Waals surface area contributed by atoms with Crippen molar-refractivity contribution in [3.05, 3.63) is 24.0 Å². The molecule has 0 amide bonds. The highest BCUT2D eigenvalue weighted by Gasteiger charge is 2.16. The van der Waals surface area contributed by atoms with Crippen LogP contribution in [0.25, 0.3) is 0 Å². The topological polar surface area (TPSA) is 50.9 Å². The molecule has 13 heavy (non-hydrogen) atoms. The molecule has 0 saturated carbocycles. The molecule has 70 valence electrons. The van der Waals surface area contributed by atoms with Gasteiger partial charge in [0.25, 0.3) is 0 Å². The van der Waals surface area contributed by atoms with Gasteiger partial charge in [-0.1, -0.05) is 6.42 Å². The van der Waals surface area contributed by atoms with Gasteiger partial charge in [-0.2, -0.15) is 0 Å². The lowest BCUT2D eigenvalue weighted by atomic mass is 9.97. The third-order valence-corrected chi connectivity index (χ3v) is 2.57.